The molecule has 18 heavy (non-hydrogen) atoms. The van der Waals surface area contributed by atoms with E-state index in [-0.39, 0.29) is 5.28 Å². The van der Waals surface area contributed by atoms with Gasteiger partial charge in [0, 0.05) is 4.90 Å². The highest BCUT2D eigenvalue weighted by Gasteiger charge is 2.10. The summed E-state index contributed by atoms with van der Waals surface area (Å²) in [5.74, 6) is 0. The molecular weight excluding hydrogens is 268 g/mol. The van der Waals surface area contributed by atoms with Crippen molar-refractivity contribution >= 4 is 34.5 Å². The number of fused-ring (bicyclic) bond motifs is 1. The molecule has 0 amide bonds. The summed E-state index contributed by atoms with van der Waals surface area (Å²) in [6.07, 6.45) is 1.59. The van der Waals surface area contributed by atoms with Crippen molar-refractivity contribution in [1.29, 1.82) is 0 Å². The molecule has 90 valence electrons. The molecule has 0 atom stereocenters. The van der Waals surface area contributed by atoms with E-state index < -0.39 is 0 Å². The molecular formula is C12H9ClN4S. The van der Waals surface area contributed by atoms with E-state index in [1.54, 1.807) is 6.33 Å². The molecule has 2 heterocycles. The van der Waals surface area contributed by atoms with Crippen LogP contribution in [0, 0.1) is 6.92 Å². The number of aromatic amines is 1. The number of hydrogen-bond acceptors (Lipinski definition) is 4. The van der Waals surface area contributed by atoms with Crippen molar-refractivity contribution in [3.05, 3.63) is 41.4 Å². The number of H-pyrrole nitrogens is 1. The van der Waals surface area contributed by atoms with Crippen LogP contribution in [-0.2, 0) is 0 Å². The molecule has 0 saturated heterocycles. The van der Waals surface area contributed by atoms with E-state index in [9.17, 15) is 0 Å². The second-order valence-corrected chi connectivity index (χ2v) is 5.21. The lowest BCUT2D eigenvalue weighted by atomic mass is 10.2. The van der Waals surface area contributed by atoms with Crippen molar-refractivity contribution in [2.24, 2.45) is 0 Å². The van der Waals surface area contributed by atoms with Crippen LogP contribution < -0.4 is 0 Å². The highest BCUT2D eigenvalue weighted by molar-refractivity contribution is 7.99. The first kappa shape index (κ1) is 11.5. The minimum Gasteiger partial charge on any atom is -0.341 e. The largest absolute Gasteiger partial charge is 0.341 e. The Balaban J connectivity index is 2.03. The van der Waals surface area contributed by atoms with E-state index >= 15 is 0 Å². The van der Waals surface area contributed by atoms with Gasteiger partial charge in [-0.1, -0.05) is 29.5 Å². The summed E-state index contributed by atoms with van der Waals surface area (Å²) in [7, 11) is 0. The van der Waals surface area contributed by atoms with Gasteiger partial charge in [-0.2, -0.15) is 4.98 Å². The fraction of sp³-hybridized carbons (Fsp3) is 0.0833. The van der Waals surface area contributed by atoms with E-state index in [1.165, 1.54) is 17.3 Å². The fourth-order valence-corrected chi connectivity index (χ4v) is 2.67. The SMILES string of the molecule is Cc1ccc(Sc2nc(Cl)nc3nc[nH]c23)cc1. The minimum atomic E-state index is 0.212. The van der Waals surface area contributed by atoms with Gasteiger partial charge in [0.2, 0.25) is 5.28 Å². The molecule has 0 aliphatic carbocycles. The smallest absolute Gasteiger partial charge is 0.225 e. The van der Waals surface area contributed by atoms with Gasteiger partial charge in [0.15, 0.2) is 5.65 Å². The Morgan fingerprint density at radius 2 is 1.94 bits per heavy atom. The molecule has 2 aromatic heterocycles. The van der Waals surface area contributed by atoms with Crippen LogP contribution in [-0.4, -0.2) is 19.9 Å². The standard InChI is InChI=1S/C12H9ClN4S/c1-7-2-4-8(5-3-7)18-11-9-10(15-6-14-9)16-12(13)17-11/h2-6H,1H3,(H,14,15,16,17). The zero-order valence-electron chi connectivity index (χ0n) is 9.51. The fourth-order valence-electron chi connectivity index (χ4n) is 1.57. The Labute approximate surface area is 113 Å². The van der Waals surface area contributed by atoms with Gasteiger partial charge in [0.1, 0.15) is 10.5 Å². The summed E-state index contributed by atoms with van der Waals surface area (Å²) in [5, 5.41) is 0.996. The number of aromatic nitrogens is 4. The number of aryl methyl sites for hydroxylation is 1. The van der Waals surface area contributed by atoms with Crippen molar-refractivity contribution < 1.29 is 0 Å². The first-order valence-electron chi connectivity index (χ1n) is 5.33. The lowest BCUT2D eigenvalue weighted by Gasteiger charge is -2.02. The van der Waals surface area contributed by atoms with Gasteiger partial charge < -0.3 is 4.98 Å². The zero-order chi connectivity index (χ0) is 12.5. The molecule has 0 unspecified atom stereocenters. The Bertz CT molecular complexity index is 693. The molecule has 1 N–H and O–H groups in total. The summed E-state index contributed by atoms with van der Waals surface area (Å²) >= 11 is 7.42. The van der Waals surface area contributed by atoms with Crippen LogP contribution in [0.4, 0.5) is 0 Å². The lowest BCUT2D eigenvalue weighted by molar-refractivity contribution is 1.08. The second kappa shape index (κ2) is 4.59. The molecule has 0 bridgehead atoms. The second-order valence-electron chi connectivity index (χ2n) is 3.81. The third-order valence-corrected chi connectivity index (χ3v) is 3.63. The summed E-state index contributed by atoms with van der Waals surface area (Å²) in [6, 6.07) is 8.24. The monoisotopic (exact) mass is 276 g/mol. The molecule has 0 aliphatic heterocycles. The number of hydrogen-bond donors (Lipinski definition) is 1. The zero-order valence-corrected chi connectivity index (χ0v) is 11.1. The summed E-state index contributed by atoms with van der Waals surface area (Å²) in [6.45, 7) is 2.06. The van der Waals surface area contributed by atoms with Gasteiger partial charge >= 0.3 is 0 Å². The molecule has 0 spiro atoms. The first-order valence-corrected chi connectivity index (χ1v) is 6.53. The van der Waals surface area contributed by atoms with E-state index in [4.69, 9.17) is 11.6 Å². The number of halogens is 1. The molecule has 0 saturated carbocycles. The van der Waals surface area contributed by atoms with Crippen molar-refractivity contribution in [3.63, 3.8) is 0 Å². The topological polar surface area (TPSA) is 54.5 Å². The third kappa shape index (κ3) is 2.19. The van der Waals surface area contributed by atoms with Gasteiger partial charge in [-0.25, -0.2) is 9.97 Å². The predicted octanol–water partition coefficient (Wildman–Crippen LogP) is 3.47. The summed E-state index contributed by atoms with van der Waals surface area (Å²) < 4.78 is 0. The van der Waals surface area contributed by atoms with Crippen LogP contribution >= 0.6 is 23.4 Å². The maximum atomic E-state index is 5.88. The van der Waals surface area contributed by atoms with Gasteiger partial charge in [0.25, 0.3) is 0 Å². The summed E-state index contributed by atoms with van der Waals surface area (Å²) in [5.41, 5.74) is 2.63. The predicted molar refractivity (Wildman–Crippen MR) is 72.0 cm³/mol. The molecule has 4 nitrogen and oxygen atoms in total. The molecule has 0 aliphatic rings. The highest BCUT2D eigenvalue weighted by atomic mass is 35.5. The van der Waals surface area contributed by atoms with Gasteiger partial charge in [-0.15, -0.1) is 0 Å². The quantitative estimate of drug-likeness (QED) is 0.575. The average Bonchev–Trinajstić information content (AvgIpc) is 2.80. The van der Waals surface area contributed by atoms with Crippen LogP contribution in [0.25, 0.3) is 11.2 Å². The van der Waals surface area contributed by atoms with Gasteiger partial charge in [-0.3, -0.25) is 0 Å². The van der Waals surface area contributed by atoms with Gasteiger partial charge in [-0.05, 0) is 30.7 Å². The van der Waals surface area contributed by atoms with Crippen LogP contribution in [0.15, 0.2) is 40.5 Å². The Kier molecular flexibility index (Phi) is 2.93. The molecule has 6 heteroatoms. The van der Waals surface area contributed by atoms with Crippen LogP contribution in [0.3, 0.4) is 0 Å². The third-order valence-electron chi connectivity index (χ3n) is 2.46. The van der Waals surface area contributed by atoms with E-state index in [2.05, 4.69) is 51.1 Å². The molecule has 3 rings (SSSR count). The Hall–Kier alpha value is -1.59. The highest BCUT2D eigenvalue weighted by Crippen LogP contribution is 2.30. The summed E-state index contributed by atoms with van der Waals surface area (Å²) in [4.78, 5) is 16.5. The molecule has 3 aromatic rings. The average molecular weight is 277 g/mol. The van der Waals surface area contributed by atoms with E-state index in [0.29, 0.717) is 5.65 Å². The van der Waals surface area contributed by atoms with E-state index in [0.717, 1.165) is 15.4 Å². The minimum absolute atomic E-state index is 0.212. The lowest BCUT2D eigenvalue weighted by Crippen LogP contribution is -1.88. The van der Waals surface area contributed by atoms with Crippen molar-refractivity contribution in [2.75, 3.05) is 0 Å². The Morgan fingerprint density at radius 3 is 2.72 bits per heavy atom. The molecule has 1 aromatic carbocycles. The van der Waals surface area contributed by atoms with Crippen LogP contribution in [0.1, 0.15) is 5.56 Å². The van der Waals surface area contributed by atoms with Crippen molar-refractivity contribution in [2.45, 2.75) is 16.8 Å². The number of benzene rings is 1. The maximum Gasteiger partial charge on any atom is 0.225 e. The van der Waals surface area contributed by atoms with Crippen molar-refractivity contribution in [1.82, 2.24) is 19.9 Å². The number of nitrogens with zero attached hydrogens (tertiary/aromatic N) is 3. The van der Waals surface area contributed by atoms with Crippen molar-refractivity contribution in [3.8, 4) is 0 Å². The maximum absolute atomic E-state index is 5.88. The van der Waals surface area contributed by atoms with Crippen LogP contribution in [0.5, 0.6) is 0 Å². The Morgan fingerprint density at radius 1 is 1.17 bits per heavy atom. The number of nitrogens with one attached hydrogen (secondary N) is 1. The van der Waals surface area contributed by atoms with E-state index in [1.807, 2.05) is 0 Å². The normalized spacial score (nSPS) is 11.0. The molecule has 0 fully saturated rings. The number of rotatable bonds is 2. The van der Waals surface area contributed by atoms with Crippen LogP contribution in [0.2, 0.25) is 5.28 Å². The number of imidazole rings is 1. The van der Waals surface area contributed by atoms with Gasteiger partial charge in [0.05, 0.1) is 6.33 Å². The molecule has 0 radical (unpaired) electrons. The first-order chi connectivity index (χ1) is 8.72.